The van der Waals surface area contributed by atoms with Gasteiger partial charge in [-0.2, -0.15) is 5.10 Å². The second-order valence-electron chi connectivity index (χ2n) is 9.63. The van der Waals surface area contributed by atoms with E-state index in [0.717, 1.165) is 38.4 Å². The molecule has 3 fully saturated rings. The lowest BCUT2D eigenvalue weighted by molar-refractivity contribution is -0.274. The summed E-state index contributed by atoms with van der Waals surface area (Å²) in [6.07, 6.45) is 0.0647. The highest BCUT2D eigenvalue weighted by Gasteiger charge is 2.58. The molecular formula is C23H30F3N5O2. The van der Waals surface area contributed by atoms with Crippen molar-refractivity contribution in [3.8, 4) is 17.0 Å². The van der Waals surface area contributed by atoms with E-state index in [1.54, 1.807) is 0 Å². The number of hydrogen-bond acceptors (Lipinski definition) is 6. The number of rotatable bonds is 5. The van der Waals surface area contributed by atoms with Crippen molar-refractivity contribution < 1.29 is 22.6 Å². The van der Waals surface area contributed by atoms with Gasteiger partial charge >= 0.3 is 6.36 Å². The molecule has 2 aliphatic carbocycles. The van der Waals surface area contributed by atoms with Crippen molar-refractivity contribution in [1.82, 2.24) is 19.7 Å². The van der Waals surface area contributed by atoms with E-state index >= 15 is 0 Å². The molecule has 1 aliphatic heterocycles. The van der Waals surface area contributed by atoms with Crippen molar-refractivity contribution in [2.45, 2.75) is 57.5 Å². The monoisotopic (exact) mass is 465 g/mol. The van der Waals surface area contributed by atoms with Crippen LogP contribution < -0.4 is 10.5 Å². The fourth-order valence-electron chi connectivity index (χ4n) is 5.69. The zero-order valence-electron chi connectivity index (χ0n) is 18.9. The topological polar surface area (TPSA) is 78.4 Å². The molecule has 2 saturated carbocycles. The second kappa shape index (κ2) is 8.47. The van der Waals surface area contributed by atoms with Crippen LogP contribution in [0.4, 0.5) is 19.0 Å². The Morgan fingerprint density at radius 3 is 2.61 bits per heavy atom. The predicted octanol–water partition coefficient (Wildman–Crippen LogP) is 4.22. The summed E-state index contributed by atoms with van der Waals surface area (Å²) in [5.41, 5.74) is 7.79. The van der Waals surface area contributed by atoms with E-state index in [2.05, 4.69) is 28.5 Å². The average molecular weight is 466 g/mol. The normalized spacial score (nSPS) is 28.1. The molecule has 33 heavy (non-hydrogen) atoms. The Morgan fingerprint density at radius 1 is 1.15 bits per heavy atom. The lowest BCUT2D eigenvalue weighted by Gasteiger charge is -2.28. The Kier molecular flexibility index (Phi) is 5.76. The zero-order chi connectivity index (χ0) is 23.3. The van der Waals surface area contributed by atoms with Crippen LogP contribution in [-0.2, 0) is 4.74 Å². The van der Waals surface area contributed by atoms with Crippen LogP contribution in [0.1, 0.15) is 50.8 Å². The molecule has 0 unspecified atom stereocenters. The maximum absolute atomic E-state index is 12.7. The average Bonchev–Trinajstić information content (AvgIpc) is 3.08. The van der Waals surface area contributed by atoms with Gasteiger partial charge in [0.05, 0.1) is 12.3 Å². The molecule has 0 aromatic carbocycles. The van der Waals surface area contributed by atoms with Crippen LogP contribution in [0.2, 0.25) is 0 Å². The third kappa shape index (κ3) is 4.55. The first-order valence-corrected chi connectivity index (χ1v) is 11.6. The summed E-state index contributed by atoms with van der Waals surface area (Å²) in [7, 11) is 0. The summed E-state index contributed by atoms with van der Waals surface area (Å²) >= 11 is 0. The molecule has 2 aromatic heterocycles. The highest BCUT2D eigenvalue weighted by atomic mass is 19.4. The van der Waals surface area contributed by atoms with Crippen molar-refractivity contribution in [2.75, 3.05) is 32.0 Å². The number of hydrogen-bond donors (Lipinski definition) is 1. The molecule has 3 aliphatic rings. The van der Waals surface area contributed by atoms with Crippen molar-refractivity contribution in [3.05, 3.63) is 24.0 Å². The fraction of sp³-hybridized carbons (Fsp3) is 0.652. The number of nitrogens with zero attached hydrogens (tertiary/aromatic N) is 4. The van der Waals surface area contributed by atoms with E-state index in [0.29, 0.717) is 35.1 Å². The molecule has 2 aromatic rings. The number of halogens is 3. The van der Waals surface area contributed by atoms with E-state index in [1.165, 1.54) is 25.1 Å². The highest BCUT2D eigenvalue weighted by Crippen LogP contribution is 2.64. The Hall–Kier alpha value is -2.33. The number of ether oxygens (including phenoxy) is 2. The van der Waals surface area contributed by atoms with Crippen LogP contribution in [0.15, 0.2) is 18.3 Å². The predicted molar refractivity (Wildman–Crippen MR) is 117 cm³/mol. The number of nitrogen functional groups attached to an aromatic ring is 1. The summed E-state index contributed by atoms with van der Waals surface area (Å²) < 4.78 is 49.8. The van der Waals surface area contributed by atoms with Crippen LogP contribution in [0, 0.1) is 11.8 Å². The third-order valence-corrected chi connectivity index (χ3v) is 7.19. The van der Waals surface area contributed by atoms with Gasteiger partial charge in [-0.3, -0.25) is 9.58 Å². The summed E-state index contributed by atoms with van der Waals surface area (Å²) in [4.78, 5) is 6.49. The molecule has 0 spiro atoms. The minimum atomic E-state index is -4.83. The molecule has 10 heteroatoms. The van der Waals surface area contributed by atoms with Crippen molar-refractivity contribution in [2.24, 2.45) is 11.8 Å². The number of pyridine rings is 1. The molecule has 0 bridgehead atoms. The Bertz CT molecular complexity index is 988. The van der Waals surface area contributed by atoms with Crippen molar-refractivity contribution in [1.29, 1.82) is 0 Å². The number of fused-ring (bicyclic) bond motifs is 1. The first-order chi connectivity index (χ1) is 15.7. The van der Waals surface area contributed by atoms with Gasteiger partial charge in [0.2, 0.25) is 0 Å². The Morgan fingerprint density at radius 2 is 1.91 bits per heavy atom. The van der Waals surface area contributed by atoms with E-state index in [9.17, 15) is 13.2 Å². The van der Waals surface area contributed by atoms with Gasteiger partial charge in [-0.1, -0.05) is 0 Å². The van der Waals surface area contributed by atoms with Crippen LogP contribution in [0.3, 0.4) is 0 Å². The fourth-order valence-corrected chi connectivity index (χ4v) is 5.69. The number of nitrogens with two attached hydrogens (primary N) is 1. The van der Waals surface area contributed by atoms with Gasteiger partial charge in [-0.15, -0.1) is 13.2 Å². The molecule has 4 atom stereocenters. The summed E-state index contributed by atoms with van der Waals surface area (Å²) in [5, 5.41) is 4.73. The minimum Gasteiger partial charge on any atom is -0.402 e. The Balaban J connectivity index is 1.35. The van der Waals surface area contributed by atoms with Gasteiger partial charge in [0.25, 0.3) is 0 Å². The van der Waals surface area contributed by atoms with Gasteiger partial charge in [0.15, 0.2) is 11.6 Å². The Labute approximate surface area is 191 Å². The quantitative estimate of drug-likeness (QED) is 0.712. The first kappa shape index (κ1) is 22.5. The zero-order valence-corrected chi connectivity index (χ0v) is 18.9. The van der Waals surface area contributed by atoms with E-state index in [4.69, 9.17) is 15.6 Å². The maximum Gasteiger partial charge on any atom is 0.573 e. The number of anilines is 1. The summed E-state index contributed by atoms with van der Waals surface area (Å²) in [5.74, 6) is 0.903. The molecule has 0 radical (unpaired) electrons. The standard InChI is InChI=1S/C23H30F3N5O2/c1-13(2)31-19(21-16-9-15(10-17(16)21)30-4-3-6-32-7-5-30)11-18(29-31)14-8-20(22(27)28-12-14)33-23(24,25)26/h8,11-13,15-17,21H,3-7,9-10H2,1-2H3,(H2,27,28)/t15-,16+,17-,21-. The molecular weight excluding hydrogens is 435 g/mol. The van der Waals surface area contributed by atoms with Crippen molar-refractivity contribution >= 4 is 5.82 Å². The van der Waals surface area contributed by atoms with Gasteiger partial charge in [0.1, 0.15) is 0 Å². The second-order valence-corrected chi connectivity index (χ2v) is 9.63. The molecule has 2 N–H and O–H groups in total. The SMILES string of the molecule is CC(C)n1nc(-c2cnc(N)c(OC(F)(F)F)c2)cc1[C@H]1[C@@H]2C[C@H](N3CCCOCC3)C[C@@H]21. The van der Waals surface area contributed by atoms with Crippen LogP contribution >= 0.6 is 0 Å². The van der Waals surface area contributed by atoms with Crippen molar-refractivity contribution in [3.63, 3.8) is 0 Å². The van der Waals surface area contributed by atoms with E-state index in [1.807, 2.05) is 10.7 Å². The highest BCUT2D eigenvalue weighted by molar-refractivity contribution is 5.64. The smallest absolute Gasteiger partial charge is 0.402 e. The van der Waals surface area contributed by atoms with E-state index in [-0.39, 0.29) is 11.9 Å². The molecule has 3 heterocycles. The summed E-state index contributed by atoms with van der Waals surface area (Å²) in [6, 6.07) is 4.03. The third-order valence-electron chi connectivity index (χ3n) is 7.19. The molecule has 1 saturated heterocycles. The number of alkyl halides is 3. The van der Waals surface area contributed by atoms with Crippen LogP contribution in [0.25, 0.3) is 11.3 Å². The summed E-state index contributed by atoms with van der Waals surface area (Å²) in [6.45, 7) is 7.92. The molecule has 0 amide bonds. The van der Waals surface area contributed by atoms with Gasteiger partial charge < -0.3 is 15.2 Å². The lowest BCUT2D eigenvalue weighted by Crippen LogP contribution is -2.36. The first-order valence-electron chi connectivity index (χ1n) is 11.6. The lowest BCUT2D eigenvalue weighted by atomic mass is 10.0. The van der Waals surface area contributed by atoms with Gasteiger partial charge in [-0.05, 0) is 57.1 Å². The molecule has 180 valence electrons. The maximum atomic E-state index is 12.7. The number of aromatic nitrogens is 3. The van der Waals surface area contributed by atoms with Gasteiger partial charge in [0, 0.05) is 55.2 Å². The van der Waals surface area contributed by atoms with E-state index < -0.39 is 12.1 Å². The largest absolute Gasteiger partial charge is 0.573 e. The van der Waals surface area contributed by atoms with Crippen LogP contribution in [-0.4, -0.2) is 58.4 Å². The molecule has 7 nitrogen and oxygen atoms in total. The van der Waals surface area contributed by atoms with Gasteiger partial charge in [-0.25, -0.2) is 4.98 Å². The molecule has 5 rings (SSSR count). The minimum absolute atomic E-state index is 0.140. The van der Waals surface area contributed by atoms with Crippen LogP contribution in [0.5, 0.6) is 5.75 Å².